The smallest absolute Gasteiger partial charge is 0.253 e. The predicted molar refractivity (Wildman–Crippen MR) is 113 cm³/mol. The minimum atomic E-state index is -0.680. The third kappa shape index (κ3) is 4.52. The van der Waals surface area contributed by atoms with Crippen LogP contribution in [0.3, 0.4) is 0 Å². The van der Waals surface area contributed by atoms with Crippen LogP contribution in [0, 0.1) is 5.92 Å². The van der Waals surface area contributed by atoms with Gasteiger partial charge in [-0.15, -0.1) is 0 Å². The Morgan fingerprint density at radius 3 is 2.83 bits per heavy atom. The van der Waals surface area contributed by atoms with E-state index in [0.717, 1.165) is 12.8 Å². The lowest BCUT2D eigenvalue weighted by atomic mass is 10.1. The molecule has 2 aliphatic rings. The Balaban J connectivity index is 1.52. The van der Waals surface area contributed by atoms with E-state index in [1.165, 1.54) is 5.01 Å². The molecule has 1 fully saturated rings. The summed E-state index contributed by atoms with van der Waals surface area (Å²) in [5, 5.41) is 12.0. The molecule has 2 heterocycles. The summed E-state index contributed by atoms with van der Waals surface area (Å²) in [5.41, 5.74) is 0.698. The molecule has 1 aliphatic carbocycles. The highest BCUT2D eigenvalue weighted by Crippen LogP contribution is 2.30. The summed E-state index contributed by atoms with van der Waals surface area (Å²) < 4.78 is 0. The molecule has 2 amide bonds. The van der Waals surface area contributed by atoms with Crippen LogP contribution in [0.5, 0.6) is 0 Å². The normalized spacial score (nSPS) is 18.0. The Morgan fingerprint density at radius 2 is 2.07 bits per heavy atom. The Kier molecular flexibility index (Phi) is 5.69. The number of rotatable bonds is 6. The van der Waals surface area contributed by atoms with Gasteiger partial charge in [0.15, 0.2) is 5.82 Å². The first-order chi connectivity index (χ1) is 14.0. The topological polar surface area (TPSA) is 86.7 Å². The molecule has 149 valence electrons. The Bertz CT molecular complexity index is 977. The van der Waals surface area contributed by atoms with Crippen molar-refractivity contribution >= 4 is 52.7 Å². The average Bonchev–Trinajstić information content (AvgIpc) is 3.42. The number of hydrogen-bond donors (Lipinski definition) is 2. The fraction of sp³-hybridized carbons (Fsp3) is 0.300. The number of amides is 2. The molecule has 1 radical (unpaired) electrons. The maximum absolute atomic E-state index is 13.0. The van der Waals surface area contributed by atoms with Crippen LogP contribution in [-0.2, 0) is 4.79 Å². The van der Waals surface area contributed by atoms with Crippen LogP contribution in [0.1, 0.15) is 29.6 Å². The number of carbonyl (C=O) groups is 2. The van der Waals surface area contributed by atoms with Gasteiger partial charge in [0.2, 0.25) is 5.91 Å². The molecule has 0 spiro atoms. The fourth-order valence-electron chi connectivity index (χ4n) is 2.99. The van der Waals surface area contributed by atoms with Crippen LogP contribution in [0.15, 0.2) is 41.6 Å². The second kappa shape index (κ2) is 8.39. The Morgan fingerprint density at radius 1 is 1.24 bits per heavy atom. The summed E-state index contributed by atoms with van der Waals surface area (Å²) in [6, 6.07) is 7.48. The molecule has 7 nitrogen and oxygen atoms in total. The molecule has 1 aromatic heterocycles. The van der Waals surface area contributed by atoms with Crippen molar-refractivity contribution in [1.29, 1.82) is 0 Å². The number of hydrogen-bond acceptors (Lipinski definition) is 5. The second-order valence-corrected chi connectivity index (χ2v) is 7.81. The van der Waals surface area contributed by atoms with Crippen LogP contribution in [-0.4, -0.2) is 35.6 Å². The molecule has 2 N–H and O–H groups in total. The average molecular weight is 431 g/mol. The fourth-order valence-corrected chi connectivity index (χ4v) is 3.37. The number of aromatic nitrogens is 1. The van der Waals surface area contributed by atoms with Gasteiger partial charge in [-0.3, -0.25) is 9.59 Å². The first-order valence-corrected chi connectivity index (χ1v) is 10.0. The van der Waals surface area contributed by atoms with E-state index in [1.807, 2.05) is 0 Å². The quantitative estimate of drug-likeness (QED) is 0.732. The van der Waals surface area contributed by atoms with E-state index in [0.29, 0.717) is 39.6 Å². The van der Waals surface area contributed by atoms with E-state index in [9.17, 15) is 9.59 Å². The van der Waals surface area contributed by atoms with Crippen molar-refractivity contribution in [3.05, 3.63) is 52.1 Å². The van der Waals surface area contributed by atoms with Crippen LogP contribution >= 0.6 is 23.2 Å². The Hall–Kier alpha value is -2.64. The largest absolute Gasteiger partial charge is 0.352 e. The molecular weight excluding hydrogens is 413 g/mol. The lowest BCUT2D eigenvalue weighted by Gasteiger charge is -2.23. The van der Waals surface area contributed by atoms with Gasteiger partial charge in [-0.1, -0.05) is 23.2 Å². The van der Waals surface area contributed by atoms with Crippen molar-refractivity contribution in [3.63, 3.8) is 0 Å². The number of carbonyl (C=O) groups excluding carboxylic acids is 2. The van der Waals surface area contributed by atoms with Crippen LogP contribution in [0.2, 0.25) is 10.0 Å². The highest BCUT2D eigenvalue weighted by molar-refractivity contribution is 6.33. The van der Waals surface area contributed by atoms with Gasteiger partial charge in [-0.05, 0) is 49.1 Å². The summed E-state index contributed by atoms with van der Waals surface area (Å²) in [4.78, 5) is 29.8. The van der Waals surface area contributed by atoms with Crippen molar-refractivity contribution in [3.8, 4) is 0 Å². The van der Waals surface area contributed by atoms with E-state index >= 15 is 0 Å². The van der Waals surface area contributed by atoms with Gasteiger partial charge in [-0.25, -0.2) is 9.99 Å². The van der Waals surface area contributed by atoms with E-state index < -0.39 is 6.04 Å². The highest BCUT2D eigenvalue weighted by Gasteiger charge is 2.32. The number of benzene rings is 1. The number of hydrazone groups is 1. The molecular formula is C20H18Cl2N5O2. The molecule has 1 saturated carbocycles. The van der Waals surface area contributed by atoms with Crippen molar-refractivity contribution in [2.75, 3.05) is 16.9 Å². The van der Waals surface area contributed by atoms with Gasteiger partial charge in [0, 0.05) is 24.2 Å². The second-order valence-electron chi connectivity index (χ2n) is 6.96. The number of nitrogens with one attached hydrogen (secondary N) is 2. The molecule has 1 aliphatic heterocycles. The Labute approximate surface area is 178 Å². The summed E-state index contributed by atoms with van der Waals surface area (Å²) in [5.74, 6) is 0.296. The number of anilines is 2. The summed E-state index contributed by atoms with van der Waals surface area (Å²) in [6.07, 6.45) is 6.90. The van der Waals surface area contributed by atoms with Gasteiger partial charge in [0.05, 0.1) is 22.5 Å². The maximum Gasteiger partial charge on any atom is 0.253 e. The van der Waals surface area contributed by atoms with Crippen molar-refractivity contribution < 1.29 is 9.59 Å². The first-order valence-electron chi connectivity index (χ1n) is 9.25. The molecule has 4 rings (SSSR count). The van der Waals surface area contributed by atoms with E-state index in [1.54, 1.807) is 36.5 Å². The number of nitrogens with zero attached hydrogens (tertiary/aromatic N) is 3. The van der Waals surface area contributed by atoms with E-state index in [2.05, 4.69) is 26.9 Å². The van der Waals surface area contributed by atoms with Gasteiger partial charge >= 0.3 is 0 Å². The van der Waals surface area contributed by atoms with Crippen LogP contribution in [0.25, 0.3) is 0 Å². The first kappa shape index (κ1) is 19.7. The van der Waals surface area contributed by atoms with Crippen molar-refractivity contribution in [1.82, 2.24) is 10.3 Å². The zero-order valence-corrected chi connectivity index (χ0v) is 16.9. The standard InChI is InChI=1S/C20H18Cl2N5O2/c21-13-5-6-16(14(10-13)19(28)24-11-12-3-4-12)26-20(29)17-7-9-25-27(17)18-15(22)2-1-8-23-18/h1-2,5-6,8,10,12,17H,3-4,7,11H2,(H,24,28)(H,26,29). The minimum Gasteiger partial charge on any atom is -0.352 e. The minimum absolute atomic E-state index is 0.270. The molecule has 29 heavy (non-hydrogen) atoms. The molecule has 0 saturated heterocycles. The molecule has 1 atom stereocenters. The maximum atomic E-state index is 13.0. The summed E-state index contributed by atoms with van der Waals surface area (Å²) in [7, 11) is 0. The van der Waals surface area contributed by atoms with Crippen LogP contribution < -0.4 is 15.6 Å². The third-order valence-electron chi connectivity index (χ3n) is 4.75. The molecule has 0 bridgehead atoms. The summed E-state index contributed by atoms with van der Waals surface area (Å²) >= 11 is 12.3. The lowest BCUT2D eigenvalue weighted by molar-refractivity contribution is -0.117. The lowest BCUT2D eigenvalue weighted by Crippen LogP contribution is -2.39. The van der Waals surface area contributed by atoms with Crippen molar-refractivity contribution in [2.24, 2.45) is 11.0 Å². The third-order valence-corrected chi connectivity index (χ3v) is 5.28. The van der Waals surface area contributed by atoms with Gasteiger partial charge in [0.25, 0.3) is 5.91 Å². The molecule has 2 aromatic rings. The molecule has 1 unspecified atom stereocenters. The molecule has 1 aromatic carbocycles. The highest BCUT2D eigenvalue weighted by atomic mass is 35.5. The van der Waals surface area contributed by atoms with Gasteiger partial charge in [-0.2, -0.15) is 5.10 Å². The van der Waals surface area contributed by atoms with Gasteiger partial charge < -0.3 is 10.6 Å². The predicted octanol–water partition coefficient (Wildman–Crippen LogP) is 3.61. The molecule has 9 heteroatoms. The van der Waals surface area contributed by atoms with Crippen molar-refractivity contribution in [2.45, 2.75) is 25.3 Å². The van der Waals surface area contributed by atoms with Gasteiger partial charge in [0.1, 0.15) is 6.04 Å². The zero-order chi connectivity index (χ0) is 20.4. The van der Waals surface area contributed by atoms with E-state index in [4.69, 9.17) is 23.2 Å². The number of pyridine rings is 1. The zero-order valence-electron chi connectivity index (χ0n) is 15.4. The SMILES string of the molecule is O=C(NCC1CC1)c1cc(Cl)ccc1NC(=O)C1C[C]=NN1c1ncccc1Cl. The monoisotopic (exact) mass is 430 g/mol. The summed E-state index contributed by atoms with van der Waals surface area (Å²) in [6.45, 7) is 0.621. The number of halogens is 2. The van der Waals surface area contributed by atoms with Crippen LogP contribution in [0.4, 0.5) is 11.5 Å². The van der Waals surface area contributed by atoms with E-state index in [-0.39, 0.29) is 18.2 Å².